The molecule has 52 valence electrons. The minimum absolute atomic E-state index is 0.499. The molecule has 0 spiro atoms. The van der Waals surface area contributed by atoms with Crippen LogP contribution in [-0.2, 0) is 12.8 Å². The van der Waals surface area contributed by atoms with Crippen molar-refractivity contribution in [3.63, 3.8) is 0 Å². The molecule has 1 aromatic rings. The second-order valence-corrected chi connectivity index (χ2v) is 2.92. The molecule has 3 heteroatoms. The molecule has 1 N–H and O–H groups in total. The van der Waals surface area contributed by atoms with Crippen LogP contribution < -0.4 is 0 Å². The van der Waals surface area contributed by atoms with Crippen LogP contribution in [0.15, 0.2) is 12.3 Å². The lowest BCUT2D eigenvalue weighted by Crippen LogP contribution is -2.11. The Bertz CT molecular complexity index is 329. The molecule has 1 heterocycles. The summed E-state index contributed by atoms with van der Waals surface area (Å²) in [5, 5.41) is 9.07. The first kappa shape index (κ1) is 5.92. The van der Waals surface area contributed by atoms with Gasteiger partial charge in [0.25, 0.3) is 0 Å². The van der Waals surface area contributed by atoms with E-state index in [-0.39, 0.29) is 0 Å². The topological polar surface area (TPSA) is 25.2 Å². The first-order valence-corrected chi connectivity index (χ1v) is 3.62. The molecule has 2 nitrogen and oxygen atoms in total. The summed E-state index contributed by atoms with van der Waals surface area (Å²) >= 11 is 4.85. The molecule has 0 fully saturated rings. The molecule has 2 rings (SSSR count). The maximum atomic E-state index is 9.07. The second-order valence-electron chi connectivity index (χ2n) is 2.51. The van der Waals surface area contributed by atoms with Gasteiger partial charge in [0, 0.05) is 6.20 Å². The molecule has 0 aromatic carbocycles. The van der Waals surface area contributed by atoms with Crippen molar-refractivity contribution in [2.45, 2.75) is 12.8 Å². The van der Waals surface area contributed by atoms with Gasteiger partial charge in [0.2, 0.25) is 0 Å². The molecule has 0 bridgehead atoms. The third kappa shape index (κ3) is 0.671. The van der Waals surface area contributed by atoms with Gasteiger partial charge in [-0.3, -0.25) is 0 Å². The maximum absolute atomic E-state index is 9.07. The van der Waals surface area contributed by atoms with Crippen LogP contribution in [0.1, 0.15) is 11.1 Å². The lowest BCUT2D eigenvalue weighted by Gasteiger charge is -2.18. The summed E-state index contributed by atoms with van der Waals surface area (Å²) in [6.45, 7) is 0. The number of hydrogen-bond acceptors (Lipinski definition) is 2. The van der Waals surface area contributed by atoms with Crippen molar-refractivity contribution in [2.24, 2.45) is 0 Å². The van der Waals surface area contributed by atoms with Gasteiger partial charge < -0.3 is 5.21 Å². The van der Waals surface area contributed by atoms with E-state index >= 15 is 0 Å². The van der Waals surface area contributed by atoms with Gasteiger partial charge in [-0.05, 0) is 30.0 Å². The first-order valence-electron chi connectivity index (χ1n) is 3.21. The lowest BCUT2D eigenvalue weighted by atomic mass is 9.91. The Balaban J connectivity index is 2.72. The molecule has 0 amide bonds. The van der Waals surface area contributed by atoms with E-state index < -0.39 is 0 Å². The van der Waals surface area contributed by atoms with Gasteiger partial charge in [-0.15, -0.1) is 0 Å². The minimum Gasteiger partial charge on any atom is -0.428 e. The molecule has 10 heavy (non-hydrogen) atoms. The molecule has 0 aliphatic heterocycles. The normalized spacial score (nSPS) is 14.0. The van der Waals surface area contributed by atoms with Crippen molar-refractivity contribution in [1.82, 2.24) is 4.73 Å². The van der Waals surface area contributed by atoms with Crippen molar-refractivity contribution in [1.29, 1.82) is 0 Å². The zero-order valence-electron chi connectivity index (χ0n) is 5.37. The van der Waals surface area contributed by atoms with E-state index in [0.717, 1.165) is 17.6 Å². The summed E-state index contributed by atoms with van der Waals surface area (Å²) < 4.78 is 1.51. The summed E-state index contributed by atoms with van der Waals surface area (Å²) in [6.07, 6.45) is 3.88. The third-order valence-electron chi connectivity index (χ3n) is 1.88. The van der Waals surface area contributed by atoms with Crippen molar-refractivity contribution < 1.29 is 5.21 Å². The Morgan fingerprint density at radius 1 is 1.40 bits per heavy atom. The number of aryl methyl sites for hydroxylation is 2. The molecule has 0 saturated carbocycles. The largest absolute Gasteiger partial charge is 0.428 e. The Labute approximate surface area is 63.7 Å². The summed E-state index contributed by atoms with van der Waals surface area (Å²) in [6, 6.07) is 1.86. The predicted molar refractivity (Wildman–Crippen MR) is 39.9 cm³/mol. The fraction of sp³-hybridized carbons (Fsp3) is 0.286. The maximum Gasteiger partial charge on any atom is 0.142 e. The quantitative estimate of drug-likeness (QED) is 0.452. The van der Waals surface area contributed by atoms with Crippen LogP contribution in [0.3, 0.4) is 0 Å². The van der Waals surface area contributed by atoms with Gasteiger partial charge in [0.05, 0.1) is 0 Å². The van der Waals surface area contributed by atoms with Crippen LogP contribution in [0.4, 0.5) is 0 Å². The van der Waals surface area contributed by atoms with Gasteiger partial charge in [-0.2, -0.15) is 4.73 Å². The number of nitrogens with zero attached hydrogens (tertiary/aromatic N) is 1. The molecular formula is C7H7NOS. The molecule has 0 radical (unpaired) electrons. The van der Waals surface area contributed by atoms with Gasteiger partial charge in [-0.1, -0.05) is 12.2 Å². The predicted octanol–water partition coefficient (Wildman–Crippen LogP) is 1.55. The zero-order valence-corrected chi connectivity index (χ0v) is 6.19. The molecule has 0 atom stereocenters. The van der Waals surface area contributed by atoms with Crippen LogP contribution in [0.25, 0.3) is 0 Å². The van der Waals surface area contributed by atoms with E-state index in [2.05, 4.69) is 0 Å². The number of rotatable bonds is 0. The van der Waals surface area contributed by atoms with Crippen LogP contribution in [0.2, 0.25) is 0 Å². The molecule has 0 unspecified atom stereocenters. The van der Waals surface area contributed by atoms with Gasteiger partial charge in [0.1, 0.15) is 4.64 Å². The van der Waals surface area contributed by atoms with E-state index in [1.165, 1.54) is 11.1 Å². The number of hydrogen-bond donors (Lipinski definition) is 1. The highest BCUT2D eigenvalue weighted by molar-refractivity contribution is 7.71. The van der Waals surface area contributed by atoms with Crippen molar-refractivity contribution in [2.75, 3.05) is 0 Å². The minimum atomic E-state index is 0.499. The van der Waals surface area contributed by atoms with E-state index in [1.54, 1.807) is 6.20 Å². The fourth-order valence-electron chi connectivity index (χ4n) is 1.15. The Morgan fingerprint density at radius 3 is 2.60 bits per heavy atom. The number of pyridine rings is 1. The van der Waals surface area contributed by atoms with E-state index in [9.17, 15) is 0 Å². The molecule has 0 saturated heterocycles. The molecule has 1 aromatic heterocycles. The lowest BCUT2D eigenvalue weighted by molar-refractivity contribution is 0.178. The van der Waals surface area contributed by atoms with Gasteiger partial charge in [-0.25, -0.2) is 0 Å². The van der Waals surface area contributed by atoms with E-state index in [0.29, 0.717) is 4.64 Å². The van der Waals surface area contributed by atoms with E-state index in [4.69, 9.17) is 17.4 Å². The van der Waals surface area contributed by atoms with Crippen LogP contribution >= 0.6 is 12.2 Å². The Hall–Kier alpha value is -0.830. The van der Waals surface area contributed by atoms with Gasteiger partial charge in [0.15, 0.2) is 0 Å². The zero-order chi connectivity index (χ0) is 7.14. The van der Waals surface area contributed by atoms with Crippen molar-refractivity contribution >= 4 is 12.2 Å². The number of fused-ring (bicyclic) bond motifs is 1. The molecule has 1 aliphatic carbocycles. The highest BCUT2D eigenvalue weighted by Gasteiger charge is 2.12. The summed E-state index contributed by atoms with van der Waals surface area (Å²) in [5.74, 6) is 0. The highest BCUT2D eigenvalue weighted by atomic mass is 32.1. The standard InChI is InChI=1S/C7H7NOS/c9-8-4-6-2-1-5(6)3-7(8)10/h3-4,9H,1-2H2. The second kappa shape index (κ2) is 1.83. The average molecular weight is 153 g/mol. The van der Waals surface area contributed by atoms with Crippen LogP contribution in [0.5, 0.6) is 0 Å². The summed E-state index contributed by atoms with van der Waals surface area (Å²) in [4.78, 5) is 0. The fourth-order valence-corrected chi connectivity index (χ4v) is 1.35. The monoisotopic (exact) mass is 153 g/mol. The van der Waals surface area contributed by atoms with E-state index in [1.807, 2.05) is 6.07 Å². The van der Waals surface area contributed by atoms with Crippen LogP contribution in [0, 0.1) is 4.64 Å². The Kier molecular flexibility index (Phi) is 1.08. The first-order chi connectivity index (χ1) is 4.77. The van der Waals surface area contributed by atoms with Crippen LogP contribution in [-0.4, -0.2) is 9.94 Å². The average Bonchev–Trinajstić information content (AvgIpc) is 1.89. The molecule has 1 aliphatic rings. The third-order valence-corrected chi connectivity index (χ3v) is 2.18. The SMILES string of the molecule is On1cc2c(cc1=S)CC2. The molecular weight excluding hydrogens is 146 g/mol. The smallest absolute Gasteiger partial charge is 0.142 e. The van der Waals surface area contributed by atoms with Crippen molar-refractivity contribution in [3.8, 4) is 0 Å². The summed E-state index contributed by atoms with van der Waals surface area (Å²) in [7, 11) is 0. The highest BCUT2D eigenvalue weighted by Crippen LogP contribution is 2.21. The summed E-state index contributed by atoms with van der Waals surface area (Å²) in [5.41, 5.74) is 2.51. The van der Waals surface area contributed by atoms with Crippen molar-refractivity contribution in [3.05, 3.63) is 28.0 Å². The van der Waals surface area contributed by atoms with Gasteiger partial charge >= 0.3 is 0 Å². The number of aromatic nitrogens is 1. The Morgan fingerprint density at radius 2 is 2.10 bits per heavy atom.